The van der Waals surface area contributed by atoms with Crippen molar-refractivity contribution in [3.05, 3.63) is 23.8 Å². The average molecular weight is 570 g/mol. The summed E-state index contributed by atoms with van der Waals surface area (Å²) in [6, 6.07) is 6.27. The quantitative estimate of drug-likeness (QED) is 0.160. The minimum Gasteiger partial charge on any atom is -0.497 e. The Bertz CT molecular complexity index is 785. The van der Waals surface area contributed by atoms with Gasteiger partial charge in [-0.25, -0.2) is 13.1 Å². The van der Waals surface area contributed by atoms with Crippen LogP contribution < -0.4 is 24.8 Å². The second-order valence-electron chi connectivity index (χ2n) is 7.37. The minimum absolute atomic E-state index is 0. The molecule has 1 aromatic carbocycles. The molecular formula is C20H36IN5O4S. The fourth-order valence-electron chi connectivity index (χ4n) is 3.35. The molecule has 1 aliphatic rings. The molecule has 0 spiro atoms. The number of hydrogen-bond acceptors (Lipinski definition) is 6. The van der Waals surface area contributed by atoms with Crippen LogP contribution in [-0.4, -0.2) is 78.5 Å². The Labute approximate surface area is 203 Å². The van der Waals surface area contributed by atoms with Crippen LogP contribution in [0.2, 0.25) is 0 Å². The third kappa shape index (κ3) is 10.7. The maximum Gasteiger partial charge on any atom is 0.208 e. The molecule has 11 heteroatoms. The Kier molecular flexibility index (Phi) is 12.5. The third-order valence-electron chi connectivity index (χ3n) is 4.74. The Balaban J connectivity index is 0.00000480. The van der Waals surface area contributed by atoms with Gasteiger partial charge in [-0.3, -0.25) is 9.89 Å². The van der Waals surface area contributed by atoms with E-state index in [4.69, 9.17) is 9.47 Å². The SMILES string of the molecule is CCNC(=NCCCNS(C)(=O)=O)NC1CCN(Cc2cc(OC)cc(OC)c2)C1.I. The summed E-state index contributed by atoms with van der Waals surface area (Å²) in [6.45, 7) is 6.48. The van der Waals surface area contributed by atoms with Crippen molar-refractivity contribution in [2.45, 2.75) is 32.4 Å². The number of ether oxygens (including phenoxy) is 2. The molecule has 0 saturated carbocycles. The van der Waals surface area contributed by atoms with Crippen molar-refractivity contribution in [2.24, 2.45) is 4.99 Å². The predicted octanol–water partition coefficient (Wildman–Crippen LogP) is 1.39. The summed E-state index contributed by atoms with van der Waals surface area (Å²) in [4.78, 5) is 6.95. The first-order chi connectivity index (χ1) is 14.3. The van der Waals surface area contributed by atoms with Crippen molar-refractivity contribution in [3.8, 4) is 11.5 Å². The Morgan fingerprint density at radius 3 is 2.48 bits per heavy atom. The zero-order chi connectivity index (χ0) is 22.0. The van der Waals surface area contributed by atoms with Crippen molar-refractivity contribution in [1.29, 1.82) is 0 Å². The Morgan fingerprint density at radius 2 is 1.90 bits per heavy atom. The number of rotatable bonds is 11. The fourth-order valence-corrected chi connectivity index (χ4v) is 3.87. The van der Waals surface area contributed by atoms with Gasteiger partial charge in [0.25, 0.3) is 0 Å². The van der Waals surface area contributed by atoms with Gasteiger partial charge in [-0.05, 0) is 37.5 Å². The summed E-state index contributed by atoms with van der Waals surface area (Å²) in [6.07, 6.45) is 2.84. The molecule has 3 N–H and O–H groups in total. The van der Waals surface area contributed by atoms with Gasteiger partial charge in [-0.2, -0.15) is 0 Å². The molecule has 1 fully saturated rings. The maximum absolute atomic E-state index is 11.1. The maximum atomic E-state index is 11.1. The summed E-state index contributed by atoms with van der Waals surface area (Å²) in [7, 11) is 0.174. The lowest BCUT2D eigenvalue weighted by atomic mass is 10.2. The molecule has 1 heterocycles. The van der Waals surface area contributed by atoms with Crippen LogP contribution in [0.1, 0.15) is 25.3 Å². The highest BCUT2D eigenvalue weighted by molar-refractivity contribution is 14.0. The Morgan fingerprint density at radius 1 is 1.23 bits per heavy atom. The van der Waals surface area contributed by atoms with Crippen molar-refractivity contribution < 1.29 is 17.9 Å². The zero-order valence-corrected chi connectivity index (χ0v) is 22.0. The van der Waals surface area contributed by atoms with Gasteiger partial charge >= 0.3 is 0 Å². The molecule has 1 atom stereocenters. The van der Waals surface area contributed by atoms with Gasteiger partial charge in [0.15, 0.2) is 5.96 Å². The first-order valence-electron chi connectivity index (χ1n) is 10.3. The van der Waals surface area contributed by atoms with Gasteiger partial charge in [-0.1, -0.05) is 0 Å². The van der Waals surface area contributed by atoms with Crippen molar-refractivity contribution in [3.63, 3.8) is 0 Å². The number of sulfonamides is 1. The molecule has 2 rings (SSSR count). The highest BCUT2D eigenvalue weighted by atomic mass is 127. The largest absolute Gasteiger partial charge is 0.497 e. The molecule has 0 bridgehead atoms. The summed E-state index contributed by atoms with van der Waals surface area (Å²) >= 11 is 0. The number of aliphatic imine (C=N–C) groups is 1. The summed E-state index contributed by atoms with van der Waals surface area (Å²) in [5.41, 5.74) is 1.16. The van der Waals surface area contributed by atoms with E-state index in [1.165, 1.54) is 0 Å². The molecule has 1 unspecified atom stereocenters. The average Bonchev–Trinajstić information content (AvgIpc) is 3.13. The van der Waals surface area contributed by atoms with Gasteiger partial charge in [0, 0.05) is 51.4 Å². The van der Waals surface area contributed by atoms with Crippen molar-refractivity contribution in [2.75, 3.05) is 53.2 Å². The lowest BCUT2D eigenvalue weighted by Gasteiger charge is -2.19. The van der Waals surface area contributed by atoms with Gasteiger partial charge < -0.3 is 20.1 Å². The van der Waals surface area contributed by atoms with Gasteiger partial charge in [0.05, 0.1) is 20.5 Å². The van der Waals surface area contributed by atoms with Crippen LogP contribution >= 0.6 is 24.0 Å². The van der Waals surface area contributed by atoms with E-state index in [1.807, 2.05) is 25.1 Å². The monoisotopic (exact) mass is 569 g/mol. The molecular weight excluding hydrogens is 533 g/mol. The number of methoxy groups -OCH3 is 2. The number of guanidine groups is 1. The van der Waals surface area contributed by atoms with Crippen LogP contribution in [0.3, 0.4) is 0 Å². The van der Waals surface area contributed by atoms with Crippen LogP contribution in [0.25, 0.3) is 0 Å². The van der Waals surface area contributed by atoms with E-state index in [9.17, 15) is 8.42 Å². The molecule has 1 saturated heterocycles. The van der Waals surface area contributed by atoms with Gasteiger partial charge in [-0.15, -0.1) is 24.0 Å². The van der Waals surface area contributed by atoms with E-state index in [0.29, 0.717) is 25.6 Å². The summed E-state index contributed by atoms with van der Waals surface area (Å²) in [5, 5.41) is 6.75. The summed E-state index contributed by atoms with van der Waals surface area (Å²) < 4.78 is 35.4. The van der Waals surface area contributed by atoms with Gasteiger partial charge in [0.1, 0.15) is 11.5 Å². The van der Waals surface area contributed by atoms with E-state index in [1.54, 1.807) is 14.2 Å². The second kappa shape index (κ2) is 14.0. The van der Waals surface area contributed by atoms with Crippen LogP contribution in [0.15, 0.2) is 23.2 Å². The van der Waals surface area contributed by atoms with Crippen molar-refractivity contribution in [1.82, 2.24) is 20.3 Å². The summed E-state index contributed by atoms with van der Waals surface area (Å²) in [5.74, 6) is 2.36. The van der Waals surface area contributed by atoms with Crippen LogP contribution in [-0.2, 0) is 16.6 Å². The standard InChI is InChI=1S/C20H35N5O4S.HI/c1-5-21-20(22-8-6-9-23-30(4,26)27)24-17-7-10-25(15-17)14-16-11-18(28-2)13-19(12-16)29-3;/h11-13,17,23H,5-10,14-15H2,1-4H3,(H2,21,22,24);1H. The molecule has 0 radical (unpaired) electrons. The first kappa shape index (κ1) is 27.7. The number of likely N-dealkylation sites (tertiary alicyclic amines) is 1. The van der Waals surface area contributed by atoms with Crippen molar-refractivity contribution >= 4 is 40.0 Å². The third-order valence-corrected chi connectivity index (χ3v) is 5.47. The molecule has 0 aliphatic carbocycles. The number of hydrogen-bond donors (Lipinski definition) is 3. The number of halogens is 1. The smallest absolute Gasteiger partial charge is 0.208 e. The van der Waals surface area contributed by atoms with E-state index in [0.717, 1.165) is 61.9 Å². The second-order valence-corrected chi connectivity index (χ2v) is 9.20. The topological polar surface area (TPSA) is 104 Å². The number of nitrogens with one attached hydrogen (secondary N) is 3. The number of benzene rings is 1. The first-order valence-corrected chi connectivity index (χ1v) is 12.2. The lowest BCUT2D eigenvalue weighted by molar-refractivity contribution is 0.321. The highest BCUT2D eigenvalue weighted by Gasteiger charge is 2.23. The minimum atomic E-state index is -3.15. The van der Waals surface area contributed by atoms with Crippen LogP contribution in [0, 0.1) is 0 Å². The molecule has 178 valence electrons. The number of nitrogens with zero attached hydrogens (tertiary/aromatic N) is 2. The lowest BCUT2D eigenvalue weighted by Crippen LogP contribution is -2.44. The zero-order valence-electron chi connectivity index (χ0n) is 18.8. The van der Waals surface area contributed by atoms with Crippen LogP contribution in [0.4, 0.5) is 0 Å². The molecule has 31 heavy (non-hydrogen) atoms. The van der Waals surface area contributed by atoms with E-state index >= 15 is 0 Å². The highest BCUT2D eigenvalue weighted by Crippen LogP contribution is 2.24. The van der Waals surface area contributed by atoms with Gasteiger partial charge in [0.2, 0.25) is 10.0 Å². The molecule has 1 aliphatic heterocycles. The fraction of sp³-hybridized carbons (Fsp3) is 0.650. The predicted molar refractivity (Wildman–Crippen MR) is 135 cm³/mol. The Hall–Kier alpha value is -1.31. The normalized spacial score (nSPS) is 17.2. The molecule has 1 aromatic rings. The molecule has 0 amide bonds. The molecule has 9 nitrogen and oxygen atoms in total. The van der Waals surface area contributed by atoms with E-state index in [-0.39, 0.29) is 24.0 Å². The molecule has 0 aromatic heterocycles. The van der Waals surface area contributed by atoms with E-state index < -0.39 is 10.0 Å². The van der Waals surface area contributed by atoms with E-state index in [2.05, 4.69) is 25.2 Å². The van der Waals surface area contributed by atoms with Crippen LogP contribution in [0.5, 0.6) is 11.5 Å².